The maximum Gasteiger partial charge on any atom is 0.221 e. The lowest BCUT2D eigenvalue weighted by Crippen LogP contribution is -1.88. The zero-order valence-electron chi connectivity index (χ0n) is 7.13. The van der Waals surface area contributed by atoms with Crippen LogP contribution in [0, 0.1) is 5.95 Å². The predicted octanol–water partition coefficient (Wildman–Crippen LogP) is 2.99. The summed E-state index contributed by atoms with van der Waals surface area (Å²) in [4.78, 5) is 3.60. The molecule has 0 aliphatic heterocycles. The number of nitrogens with zero attached hydrogens (tertiary/aromatic N) is 1. The van der Waals surface area contributed by atoms with Gasteiger partial charge in [0.25, 0.3) is 0 Å². The highest BCUT2D eigenvalue weighted by Crippen LogP contribution is 2.12. The van der Waals surface area contributed by atoms with Crippen LogP contribution >= 0.6 is 15.9 Å². The lowest BCUT2D eigenvalue weighted by Gasteiger charge is -1.96. The van der Waals surface area contributed by atoms with E-state index < -0.39 is 5.95 Å². The van der Waals surface area contributed by atoms with Gasteiger partial charge in [0.2, 0.25) is 5.95 Å². The van der Waals surface area contributed by atoms with Crippen molar-refractivity contribution in [2.75, 3.05) is 6.61 Å². The van der Waals surface area contributed by atoms with E-state index in [1.54, 1.807) is 12.1 Å². The minimum absolute atomic E-state index is 0.414. The lowest BCUT2D eigenvalue weighted by molar-refractivity contribution is 0.272. The van der Waals surface area contributed by atoms with Crippen molar-refractivity contribution in [2.45, 2.75) is 6.92 Å². The molecule has 0 saturated carbocycles. The minimum atomic E-state index is -0.509. The van der Waals surface area contributed by atoms with Gasteiger partial charge in [0.15, 0.2) is 0 Å². The first-order valence-electron chi connectivity index (χ1n) is 3.84. The van der Waals surface area contributed by atoms with Crippen molar-refractivity contribution in [3.63, 3.8) is 0 Å². The third-order valence-corrected chi connectivity index (χ3v) is 1.80. The summed E-state index contributed by atoms with van der Waals surface area (Å²) in [5.41, 5.74) is 0.414. The largest absolute Gasteiger partial charge is 0.501 e. The van der Waals surface area contributed by atoms with Crippen molar-refractivity contribution in [1.82, 2.24) is 4.98 Å². The van der Waals surface area contributed by atoms with Gasteiger partial charge in [-0.25, -0.2) is 4.98 Å². The second-order valence-corrected chi connectivity index (χ2v) is 3.08. The lowest BCUT2D eigenvalue weighted by atomic mass is 10.3. The normalized spacial score (nSPS) is 10.7. The van der Waals surface area contributed by atoms with E-state index in [1.807, 2.05) is 6.92 Å². The Kier molecular flexibility index (Phi) is 3.89. The van der Waals surface area contributed by atoms with E-state index in [4.69, 9.17) is 4.74 Å². The number of hydrogen-bond donors (Lipinski definition) is 0. The molecule has 0 unspecified atom stereocenters. The first kappa shape index (κ1) is 10.2. The van der Waals surface area contributed by atoms with Gasteiger partial charge in [-0.2, -0.15) is 4.39 Å². The van der Waals surface area contributed by atoms with Crippen molar-refractivity contribution in [1.29, 1.82) is 0 Å². The monoisotopic (exact) mass is 245 g/mol. The van der Waals surface area contributed by atoms with Gasteiger partial charge in [-0.3, -0.25) is 0 Å². The maximum atomic E-state index is 13.0. The average Bonchev–Trinajstić information content (AvgIpc) is 2.09. The summed E-state index contributed by atoms with van der Waals surface area (Å²) < 4.78 is 18.5. The SMILES string of the molecule is CCO/C=C/c1ccc(Br)nc1F. The van der Waals surface area contributed by atoms with Crippen LogP contribution in [0.25, 0.3) is 6.08 Å². The van der Waals surface area contributed by atoms with E-state index in [0.29, 0.717) is 16.8 Å². The zero-order valence-corrected chi connectivity index (χ0v) is 8.71. The van der Waals surface area contributed by atoms with Gasteiger partial charge in [-0.1, -0.05) is 0 Å². The average molecular weight is 246 g/mol. The number of aromatic nitrogens is 1. The van der Waals surface area contributed by atoms with Crippen LogP contribution in [0.5, 0.6) is 0 Å². The van der Waals surface area contributed by atoms with Crippen LogP contribution < -0.4 is 0 Å². The standard InChI is InChI=1S/C9H9BrFNO/c1-2-13-6-5-7-3-4-8(10)12-9(7)11/h3-6H,2H2,1H3/b6-5+. The third-order valence-electron chi connectivity index (χ3n) is 1.35. The maximum absolute atomic E-state index is 13.0. The topological polar surface area (TPSA) is 22.1 Å². The summed E-state index contributed by atoms with van der Waals surface area (Å²) in [5.74, 6) is -0.509. The number of rotatable bonds is 3. The van der Waals surface area contributed by atoms with Gasteiger partial charge in [-0.15, -0.1) is 0 Å². The van der Waals surface area contributed by atoms with E-state index in [2.05, 4.69) is 20.9 Å². The molecular formula is C9H9BrFNO. The summed E-state index contributed by atoms with van der Waals surface area (Å²) in [6.45, 7) is 2.43. The Balaban J connectivity index is 2.77. The van der Waals surface area contributed by atoms with Gasteiger partial charge < -0.3 is 4.74 Å². The summed E-state index contributed by atoms with van der Waals surface area (Å²) in [6, 6.07) is 3.30. The molecule has 0 atom stereocenters. The number of ether oxygens (including phenoxy) is 1. The van der Waals surface area contributed by atoms with Gasteiger partial charge in [-0.05, 0) is 41.1 Å². The van der Waals surface area contributed by atoms with Crippen LogP contribution in [0.2, 0.25) is 0 Å². The Bertz CT molecular complexity index is 314. The Labute approximate surface area is 84.6 Å². The first-order chi connectivity index (χ1) is 6.24. The van der Waals surface area contributed by atoms with Crippen molar-refractivity contribution >= 4 is 22.0 Å². The van der Waals surface area contributed by atoms with E-state index in [9.17, 15) is 4.39 Å². The number of pyridine rings is 1. The molecule has 1 aromatic rings. The fourth-order valence-electron chi connectivity index (χ4n) is 0.765. The summed E-state index contributed by atoms with van der Waals surface area (Å²) in [6.07, 6.45) is 2.99. The molecule has 0 radical (unpaired) electrons. The van der Waals surface area contributed by atoms with Crippen LogP contribution in [0.3, 0.4) is 0 Å². The Morgan fingerprint density at radius 2 is 2.38 bits per heavy atom. The molecule has 0 aliphatic carbocycles. The fourth-order valence-corrected chi connectivity index (χ4v) is 1.05. The highest BCUT2D eigenvalue weighted by Gasteiger charge is 1.99. The van der Waals surface area contributed by atoms with Crippen LogP contribution in [0.4, 0.5) is 4.39 Å². The summed E-state index contributed by atoms with van der Waals surface area (Å²) >= 11 is 3.07. The molecule has 0 N–H and O–H groups in total. The van der Waals surface area contributed by atoms with E-state index >= 15 is 0 Å². The minimum Gasteiger partial charge on any atom is -0.501 e. The molecule has 1 aromatic heterocycles. The second kappa shape index (κ2) is 4.97. The van der Waals surface area contributed by atoms with Crippen molar-refractivity contribution in [3.05, 3.63) is 34.5 Å². The van der Waals surface area contributed by atoms with Crippen LogP contribution in [0.1, 0.15) is 12.5 Å². The predicted molar refractivity (Wildman–Crippen MR) is 52.6 cm³/mol. The van der Waals surface area contributed by atoms with Crippen molar-refractivity contribution < 1.29 is 9.13 Å². The van der Waals surface area contributed by atoms with E-state index in [0.717, 1.165) is 0 Å². The molecule has 0 saturated heterocycles. The zero-order chi connectivity index (χ0) is 9.68. The third kappa shape index (κ3) is 3.14. The quantitative estimate of drug-likeness (QED) is 0.604. The van der Waals surface area contributed by atoms with Gasteiger partial charge in [0.1, 0.15) is 4.60 Å². The molecule has 0 fully saturated rings. The Morgan fingerprint density at radius 1 is 1.62 bits per heavy atom. The fraction of sp³-hybridized carbons (Fsp3) is 0.222. The molecule has 1 rings (SSSR count). The van der Waals surface area contributed by atoms with Gasteiger partial charge >= 0.3 is 0 Å². The Hall–Kier alpha value is -0.900. The van der Waals surface area contributed by atoms with Gasteiger partial charge in [0, 0.05) is 5.56 Å². The molecule has 2 nitrogen and oxygen atoms in total. The molecule has 0 amide bonds. The van der Waals surface area contributed by atoms with Crippen LogP contribution in [0.15, 0.2) is 23.0 Å². The molecule has 0 aromatic carbocycles. The molecule has 0 aliphatic rings. The molecular weight excluding hydrogens is 237 g/mol. The summed E-state index contributed by atoms with van der Waals surface area (Å²) in [7, 11) is 0. The van der Waals surface area contributed by atoms with Crippen molar-refractivity contribution in [3.8, 4) is 0 Å². The van der Waals surface area contributed by atoms with Gasteiger partial charge in [0.05, 0.1) is 12.9 Å². The highest BCUT2D eigenvalue weighted by atomic mass is 79.9. The van der Waals surface area contributed by atoms with Crippen LogP contribution in [-0.4, -0.2) is 11.6 Å². The second-order valence-electron chi connectivity index (χ2n) is 2.27. The molecule has 13 heavy (non-hydrogen) atoms. The summed E-state index contributed by atoms with van der Waals surface area (Å²) in [5, 5.41) is 0. The molecule has 70 valence electrons. The molecule has 0 bridgehead atoms. The van der Waals surface area contributed by atoms with Crippen LogP contribution in [-0.2, 0) is 4.74 Å². The Morgan fingerprint density at radius 3 is 3.00 bits per heavy atom. The number of halogens is 2. The smallest absolute Gasteiger partial charge is 0.221 e. The molecule has 1 heterocycles. The van der Waals surface area contributed by atoms with E-state index in [1.165, 1.54) is 12.3 Å². The van der Waals surface area contributed by atoms with Crippen molar-refractivity contribution in [2.24, 2.45) is 0 Å². The number of hydrogen-bond acceptors (Lipinski definition) is 2. The first-order valence-corrected chi connectivity index (χ1v) is 4.63. The molecule has 0 spiro atoms. The highest BCUT2D eigenvalue weighted by molar-refractivity contribution is 9.10. The van der Waals surface area contributed by atoms with E-state index in [-0.39, 0.29) is 0 Å². The molecule has 4 heteroatoms.